The van der Waals surface area contributed by atoms with Gasteiger partial charge in [-0.2, -0.15) is 0 Å². The molecule has 4 N–H and O–H groups in total. The molecule has 3 rings (SSSR count). The SMILES string of the molecule is CO[C@@H](CCNC(=O)c1c(C)[nH]c(/C=C2\C(=O)Nc3ccc(F)cc32)c1C)C(=O)O. The second-order valence-electron chi connectivity index (χ2n) is 6.97. The van der Waals surface area contributed by atoms with Gasteiger partial charge in [0.15, 0.2) is 6.10 Å². The van der Waals surface area contributed by atoms with Gasteiger partial charge in [0.1, 0.15) is 5.82 Å². The van der Waals surface area contributed by atoms with E-state index < -0.39 is 17.9 Å². The molecule has 0 spiro atoms. The number of carboxylic acid groups (broad SMARTS) is 1. The number of ether oxygens (including phenoxy) is 1. The van der Waals surface area contributed by atoms with Gasteiger partial charge in [-0.15, -0.1) is 0 Å². The molecule has 0 radical (unpaired) electrons. The normalized spacial score (nSPS) is 15.1. The van der Waals surface area contributed by atoms with Crippen molar-refractivity contribution >= 4 is 35.1 Å². The molecule has 0 aliphatic carbocycles. The van der Waals surface area contributed by atoms with E-state index >= 15 is 0 Å². The number of carbonyl (C=O) groups excluding carboxylic acids is 2. The molecule has 1 atom stereocenters. The number of aromatic nitrogens is 1. The monoisotopic (exact) mass is 415 g/mol. The number of nitrogens with one attached hydrogen (secondary N) is 3. The van der Waals surface area contributed by atoms with Crippen LogP contribution in [-0.2, 0) is 14.3 Å². The molecule has 0 bridgehead atoms. The lowest BCUT2D eigenvalue weighted by Gasteiger charge is -2.11. The Morgan fingerprint density at radius 3 is 2.73 bits per heavy atom. The zero-order valence-corrected chi connectivity index (χ0v) is 16.8. The Morgan fingerprint density at radius 2 is 2.07 bits per heavy atom. The van der Waals surface area contributed by atoms with E-state index in [2.05, 4.69) is 15.6 Å². The largest absolute Gasteiger partial charge is 0.479 e. The summed E-state index contributed by atoms with van der Waals surface area (Å²) in [7, 11) is 1.30. The Morgan fingerprint density at radius 1 is 1.33 bits per heavy atom. The van der Waals surface area contributed by atoms with E-state index in [0.29, 0.717) is 39.3 Å². The molecule has 1 aromatic carbocycles. The van der Waals surface area contributed by atoms with E-state index in [1.54, 1.807) is 19.9 Å². The van der Waals surface area contributed by atoms with Crippen LogP contribution in [0.4, 0.5) is 10.1 Å². The van der Waals surface area contributed by atoms with Crippen molar-refractivity contribution in [3.05, 3.63) is 52.1 Å². The van der Waals surface area contributed by atoms with Gasteiger partial charge in [0.2, 0.25) is 0 Å². The highest BCUT2D eigenvalue weighted by Crippen LogP contribution is 2.34. The third kappa shape index (κ3) is 4.11. The van der Waals surface area contributed by atoms with E-state index in [-0.39, 0.29) is 24.8 Å². The van der Waals surface area contributed by atoms with Gasteiger partial charge >= 0.3 is 5.97 Å². The van der Waals surface area contributed by atoms with Gasteiger partial charge in [-0.3, -0.25) is 9.59 Å². The summed E-state index contributed by atoms with van der Waals surface area (Å²) in [5.41, 5.74) is 3.46. The number of halogens is 1. The summed E-state index contributed by atoms with van der Waals surface area (Å²) in [6.07, 6.45) is 0.713. The quantitative estimate of drug-likeness (QED) is 0.518. The number of benzene rings is 1. The number of carbonyl (C=O) groups is 3. The predicted octanol–water partition coefficient (Wildman–Crippen LogP) is 2.48. The number of fused-ring (bicyclic) bond motifs is 1. The number of anilines is 1. The minimum Gasteiger partial charge on any atom is -0.479 e. The molecular weight excluding hydrogens is 393 g/mol. The van der Waals surface area contributed by atoms with Crippen LogP contribution < -0.4 is 10.6 Å². The molecule has 2 aromatic rings. The van der Waals surface area contributed by atoms with Crippen molar-refractivity contribution < 1.29 is 28.6 Å². The van der Waals surface area contributed by atoms with Gasteiger partial charge in [0, 0.05) is 42.7 Å². The van der Waals surface area contributed by atoms with Crippen molar-refractivity contribution in [3.63, 3.8) is 0 Å². The van der Waals surface area contributed by atoms with Crippen LogP contribution in [0.2, 0.25) is 0 Å². The topological polar surface area (TPSA) is 121 Å². The smallest absolute Gasteiger partial charge is 0.332 e. The van der Waals surface area contributed by atoms with Gasteiger partial charge in [-0.1, -0.05) is 0 Å². The summed E-state index contributed by atoms with van der Waals surface area (Å²) >= 11 is 0. The standard InChI is InChI=1S/C21H22FN3O5/c1-10-16(9-14-13-8-12(22)4-5-15(13)25-19(14)26)24-11(2)18(10)20(27)23-7-6-17(30-3)21(28)29/h4-5,8-9,17,24H,6-7H2,1-3H3,(H,23,27)(H,25,26)(H,28,29)/b14-9-/t17-/m0/s1. The number of hydrogen-bond acceptors (Lipinski definition) is 4. The zero-order chi connectivity index (χ0) is 22.0. The molecule has 0 saturated carbocycles. The maximum Gasteiger partial charge on any atom is 0.332 e. The first-order valence-electron chi connectivity index (χ1n) is 9.28. The molecule has 2 amide bonds. The van der Waals surface area contributed by atoms with Gasteiger partial charge in [-0.25, -0.2) is 9.18 Å². The minimum atomic E-state index is -1.10. The number of hydrogen-bond donors (Lipinski definition) is 4. The van der Waals surface area contributed by atoms with E-state index in [1.807, 2.05) is 0 Å². The van der Waals surface area contributed by atoms with Gasteiger partial charge in [0.25, 0.3) is 11.8 Å². The number of aromatic amines is 1. The molecule has 0 saturated heterocycles. The van der Waals surface area contributed by atoms with Crippen LogP contribution in [0.3, 0.4) is 0 Å². The lowest BCUT2D eigenvalue weighted by Crippen LogP contribution is -2.31. The molecule has 1 aromatic heterocycles. The fraction of sp³-hybridized carbons (Fsp3) is 0.286. The summed E-state index contributed by atoms with van der Waals surface area (Å²) in [6, 6.07) is 4.05. The fourth-order valence-electron chi connectivity index (χ4n) is 3.45. The highest BCUT2D eigenvalue weighted by molar-refractivity contribution is 6.34. The maximum atomic E-state index is 13.6. The molecular formula is C21H22FN3O5. The second kappa shape index (κ2) is 8.50. The Kier molecular flexibility index (Phi) is 6.02. The van der Waals surface area contributed by atoms with Crippen molar-refractivity contribution in [1.82, 2.24) is 10.3 Å². The van der Waals surface area contributed by atoms with Crippen LogP contribution in [0.5, 0.6) is 0 Å². The molecule has 1 aliphatic heterocycles. The number of H-pyrrole nitrogens is 1. The number of carboxylic acids is 1. The van der Waals surface area contributed by atoms with Crippen molar-refractivity contribution in [2.45, 2.75) is 26.4 Å². The van der Waals surface area contributed by atoms with Crippen molar-refractivity contribution in [2.75, 3.05) is 19.0 Å². The van der Waals surface area contributed by atoms with Crippen LogP contribution in [0.1, 0.15) is 39.3 Å². The summed E-state index contributed by atoms with van der Waals surface area (Å²) in [5.74, 6) is -2.27. The molecule has 30 heavy (non-hydrogen) atoms. The molecule has 8 nitrogen and oxygen atoms in total. The number of rotatable bonds is 7. The van der Waals surface area contributed by atoms with Crippen LogP contribution in [-0.4, -0.2) is 47.6 Å². The van der Waals surface area contributed by atoms with Crippen LogP contribution in [0, 0.1) is 19.7 Å². The summed E-state index contributed by atoms with van der Waals surface area (Å²) in [4.78, 5) is 39.0. The molecule has 158 valence electrons. The van der Waals surface area contributed by atoms with E-state index in [4.69, 9.17) is 9.84 Å². The molecule has 2 heterocycles. The van der Waals surface area contributed by atoms with Gasteiger partial charge < -0.3 is 25.5 Å². The Bertz CT molecular complexity index is 1060. The lowest BCUT2D eigenvalue weighted by atomic mass is 10.0. The summed E-state index contributed by atoms with van der Waals surface area (Å²) < 4.78 is 18.5. The van der Waals surface area contributed by atoms with Crippen molar-refractivity contribution in [1.29, 1.82) is 0 Å². The highest BCUT2D eigenvalue weighted by Gasteiger charge is 2.26. The van der Waals surface area contributed by atoms with Crippen molar-refractivity contribution in [3.8, 4) is 0 Å². The average molecular weight is 415 g/mol. The minimum absolute atomic E-state index is 0.124. The van der Waals surface area contributed by atoms with E-state index in [0.717, 1.165) is 0 Å². The first-order chi connectivity index (χ1) is 14.2. The molecule has 0 fully saturated rings. The number of amides is 2. The van der Waals surface area contributed by atoms with E-state index in [1.165, 1.54) is 25.3 Å². The van der Waals surface area contributed by atoms with Gasteiger partial charge in [-0.05, 0) is 43.7 Å². The van der Waals surface area contributed by atoms with Crippen LogP contribution in [0.15, 0.2) is 18.2 Å². The summed E-state index contributed by atoms with van der Waals surface area (Å²) in [6.45, 7) is 3.58. The van der Waals surface area contributed by atoms with Crippen molar-refractivity contribution in [2.24, 2.45) is 0 Å². The second-order valence-corrected chi connectivity index (χ2v) is 6.97. The number of aryl methyl sites for hydroxylation is 1. The maximum absolute atomic E-state index is 13.6. The molecule has 1 aliphatic rings. The first-order valence-corrected chi connectivity index (χ1v) is 9.28. The van der Waals surface area contributed by atoms with Crippen LogP contribution in [0.25, 0.3) is 11.6 Å². The number of aliphatic carboxylic acids is 1. The number of methoxy groups -OCH3 is 1. The van der Waals surface area contributed by atoms with E-state index in [9.17, 15) is 18.8 Å². The molecule has 0 unspecified atom stereocenters. The lowest BCUT2D eigenvalue weighted by molar-refractivity contribution is -0.148. The molecule has 9 heteroatoms. The zero-order valence-electron chi connectivity index (χ0n) is 16.8. The Balaban J connectivity index is 1.82. The summed E-state index contributed by atoms with van der Waals surface area (Å²) in [5, 5.41) is 14.4. The third-order valence-electron chi connectivity index (χ3n) is 5.01. The van der Waals surface area contributed by atoms with Gasteiger partial charge in [0.05, 0.1) is 11.1 Å². The average Bonchev–Trinajstić information content (AvgIpc) is 3.14. The Labute approximate surface area is 172 Å². The van der Waals surface area contributed by atoms with Crippen LogP contribution >= 0.6 is 0 Å². The third-order valence-corrected chi connectivity index (χ3v) is 5.01. The predicted molar refractivity (Wildman–Crippen MR) is 109 cm³/mol. The highest BCUT2D eigenvalue weighted by atomic mass is 19.1. The first kappa shape index (κ1) is 21.3. The Hall–Kier alpha value is -3.46. The fourth-order valence-corrected chi connectivity index (χ4v) is 3.45.